The van der Waals surface area contributed by atoms with E-state index in [9.17, 15) is 9.59 Å². The Balaban J connectivity index is 2.96. The molecular weight excluding hydrogens is 252 g/mol. The molecule has 1 aromatic rings. The maximum atomic E-state index is 11.0. The van der Waals surface area contributed by atoms with E-state index >= 15 is 0 Å². The molecule has 0 spiro atoms. The van der Waals surface area contributed by atoms with E-state index in [1.165, 1.54) is 39.2 Å². The Morgan fingerprint density at radius 3 is 2.32 bits per heavy atom. The number of carboxylic acid groups (broad SMARTS) is 2. The number of benzene rings is 1. The summed E-state index contributed by atoms with van der Waals surface area (Å²) in [6.07, 6.45) is 0. The fourth-order valence-electron chi connectivity index (χ4n) is 1.24. The average molecular weight is 268 g/mol. The monoisotopic (exact) mass is 268 g/mol. The number of hydrogen-bond donors (Lipinski definition) is 2. The van der Waals surface area contributed by atoms with Crippen LogP contribution in [0.4, 0.5) is 0 Å². The van der Waals surface area contributed by atoms with Crippen LogP contribution in [-0.4, -0.2) is 35.9 Å². The average Bonchev–Trinajstić information content (AvgIpc) is 2.35. The third kappa shape index (κ3) is 3.61. The number of carboxylic acids is 2. The molecule has 0 saturated heterocycles. The number of hydrogen-bond acceptors (Lipinski definition) is 4. The summed E-state index contributed by atoms with van der Waals surface area (Å²) in [7, 11) is 1.42. The van der Waals surface area contributed by atoms with E-state index in [0.29, 0.717) is 5.75 Å². The molecule has 19 heavy (non-hydrogen) atoms. The number of aromatic carboxylic acids is 1. The fourth-order valence-corrected chi connectivity index (χ4v) is 1.24. The van der Waals surface area contributed by atoms with Crippen molar-refractivity contribution in [2.75, 3.05) is 13.7 Å². The standard InChI is InChI=1S/C13H16O6/c1-13(2,12(16)17)7-19-10-6-8(11(14)15)4-5-9(10)18-3/h4-6H,7H2,1-3H3,(H,14,15)(H,16,17). The van der Waals surface area contributed by atoms with Crippen molar-refractivity contribution in [3.8, 4) is 11.5 Å². The van der Waals surface area contributed by atoms with Crippen molar-refractivity contribution in [1.82, 2.24) is 0 Å². The Morgan fingerprint density at radius 2 is 1.84 bits per heavy atom. The normalized spacial score (nSPS) is 10.9. The minimum absolute atomic E-state index is 0.0453. The van der Waals surface area contributed by atoms with Gasteiger partial charge in [0, 0.05) is 0 Å². The van der Waals surface area contributed by atoms with Crippen LogP contribution in [0.5, 0.6) is 11.5 Å². The predicted octanol–water partition coefficient (Wildman–Crippen LogP) is 1.88. The summed E-state index contributed by atoms with van der Waals surface area (Å²) in [4.78, 5) is 21.8. The molecule has 1 rings (SSSR count). The predicted molar refractivity (Wildman–Crippen MR) is 66.9 cm³/mol. The lowest BCUT2D eigenvalue weighted by atomic mass is 9.95. The molecular formula is C13H16O6. The van der Waals surface area contributed by atoms with Gasteiger partial charge in [0.2, 0.25) is 0 Å². The van der Waals surface area contributed by atoms with Crippen molar-refractivity contribution in [2.24, 2.45) is 5.41 Å². The van der Waals surface area contributed by atoms with Gasteiger partial charge in [-0.2, -0.15) is 0 Å². The topological polar surface area (TPSA) is 93.1 Å². The van der Waals surface area contributed by atoms with Gasteiger partial charge >= 0.3 is 11.9 Å². The zero-order chi connectivity index (χ0) is 14.6. The third-order valence-corrected chi connectivity index (χ3v) is 2.58. The first-order valence-corrected chi connectivity index (χ1v) is 5.55. The second kappa shape index (κ2) is 5.60. The van der Waals surface area contributed by atoms with Crippen LogP contribution in [0.2, 0.25) is 0 Å². The maximum absolute atomic E-state index is 11.0. The van der Waals surface area contributed by atoms with Gasteiger partial charge in [-0.15, -0.1) is 0 Å². The zero-order valence-corrected chi connectivity index (χ0v) is 11.0. The molecule has 0 heterocycles. The molecule has 1 aromatic carbocycles. The smallest absolute Gasteiger partial charge is 0.335 e. The van der Waals surface area contributed by atoms with Crippen LogP contribution < -0.4 is 9.47 Å². The van der Waals surface area contributed by atoms with E-state index in [2.05, 4.69) is 0 Å². The van der Waals surface area contributed by atoms with E-state index in [1.807, 2.05) is 0 Å². The summed E-state index contributed by atoms with van der Waals surface area (Å²) in [5.74, 6) is -1.53. The molecule has 0 radical (unpaired) electrons. The van der Waals surface area contributed by atoms with E-state index in [1.54, 1.807) is 0 Å². The lowest BCUT2D eigenvalue weighted by Gasteiger charge is -2.20. The van der Waals surface area contributed by atoms with Gasteiger partial charge in [0.25, 0.3) is 0 Å². The Bertz CT molecular complexity index is 492. The number of carbonyl (C=O) groups is 2. The Morgan fingerprint density at radius 1 is 1.21 bits per heavy atom. The van der Waals surface area contributed by atoms with Gasteiger partial charge in [-0.25, -0.2) is 4.79 Å². The fraction of sp³-hybridized carbons (Fsp3) is 0.385. The molecule has 0 unspecified atom stereocenters. The van der Waals surface area contributed by atoms with Crippen molar-refractivity contribution < 1.29 is 29.3 Å². The zero-order valence-electron chi connectivity index (χ0n) is 11.0. The van der Waals surface area contributed by atoms with Gasteiger partial charge in [0.15, 0.2) is 11.5 Å². The lowest BCUT2D eigenvalue weighted by molar-refractivity contribution is -0.148. The highest BCUT2D eigenvalue weighted by molar-refractivity contribution is 5.88. The van der Waals surface area contributed by atoms with Gasteiger partial charge in [-0.3, -0.25) is 4.79 Å². The minimum atomic E-state index is -1.09. The van der Waals surface area contributed by atoms with Crippen molar-refractivity contribution in [3.63, 3.8) is 0 Å². The van der Waals surface area contributed by atoms with Crippen LogP contribution in [0.3, 0.4) is 0 Å². The summed E-state index contributed by atoms with van der Waals surface area (Å²) >= 11 is 0. The molecule has 0 fully saturated rings. The van der Waals surface area contributed by atoms with Gasteiger partial charge in [-0.05, 0) is 32.0 Å². The van der Waals surface area contributed by atoms with E-state index in [4.69, 9.17) is 19.7 Å². The van der Waals surface area contributed by atoms with Crippen LogP contribution in [0.25, 0.3) is 0 Å². The van der Waals surface area contributed by atoms with Gasteiger partial charge in [0.1, 0.15) is 6.61 Å². The van der Waals surface area contributed by atoms with E-state index in [0.717, 1.165) is 0 Å². The molecule has 0 bridgehead atoms. The first-order chi connectivity index (χ1) is 8.77. The molecule has 0 aliphatic rings. The largest absolute Gasteiger partial charge is 0.493 e. The van der Waals surface area contributed by atoms with Crippen molar-refractivity contribution in [3.05, 3.63) is 23.8 Å². The second-order valence-corrected chi connectivity index (χ2v) is 4.65. The minimum Gasteiger partial charge on any atom is -0.493 e. The molecule has 0 saturated carbocycles. The summed E-state index contributed by atoms with van der Waals surface area (Å²) < 4.78 is 10.4. The van der Waals surface area contributed by atoms with E-state index < -0.39 is 17.4 Å². The third-order valence-electron chi connectivity index (χ3n) is 2.58. The number of aliphatic carboxylic acids is 1. The Hall–Kier alpha value is -2.24. The molecule has 6 nitrogen and oxygen atoms in total. The lowest BCUT2D eigenvalue weighted by Crippen LogP contribution is -2.30. The summed E-state index contributed by atoms with van der Waals surface area (Å²) in [6.45, 7) is 2.94. The molecule has 0 amide bonds. The Labute approximate surface area is 110 Å². The van der Waals surface area contributed by atoms with E-state index in [-0.39, 0.29) is 17.9 Å². The number of methoxy groups -OCH3 is 1. The van der Waals surface area contributed by atoms with Crippen LogP contribution >= 0.6 is 0 Å². The maximum Gasteiger partial charge on any atom is 0.335 e. The Kier molecular flexibility index (Phi) is 4.37. The highest BCUT2D eigenvalue weighted by atomic mass is 16.5. The molecule has 2 N–H and O–H groups in total. The van der Waals surface area contributed by atoms with Crippen LogP contribution in [0, 0.1) is 5.41 Å². The molecule has 104 valence electrons. The van der Waals surface area contributed by atoms with Crippen molar-refractivity contribution in [2.45, 2.75) is 13.8 Å². The molecule has 0 atom stereocenters. The second-order valence-electron chi connectivity index (χ2n) is 4.65. The number of ether oxygens (including phenoxy) is 2. The first-order valence-electron chi connectivity index (χ1n) is 5.55. The highest BCUT2D eigenvalue weighted by Gasteiger charge is 2.28. The molecule has 0 aromatic heterocycles. The van der Waals surface area contributed by atoms with Gasteiger partial charge < -0.3 is 19.7 Å². The SMILES string of the molecule is COc1ccc(C(=O)O)cc1OCC(C)(C)C(=O)O. The van der Waals surface area contributed by atoms with Crippen molar-refractivity contribution in [1.29, 1.82) is 0 Å². The summed E-state index contributed by atoms with van der Waals surface area (Å²) in [6, 6.07) is 4.15. The first kappa shape index (κ1) is 14.8. The van der Waals surface area contributed by atoms with Crippen LogP contribution in [0.15, 0.2) is 18.2 Å². The highest BCUT2D eigenvalue weighted by Crippen LogP contribution is 2.30. The van der Waals surface area contributed by atoms with Crippen molar-refractivity contribution >= 4 is 11.9 Å². The van der Waals surface area contributed by atoms with Crippen LogP contribution in [-0.2, 0) is 4.79 Å². The molecule has 6 heteroatoms. The quantitative estimate of drug-likeness (QED) is 0.818. The molecule has 0 aliphatic heterocycles. The van der Waals surface area contributed by atoms with Gasteiger partial charge in [-0.1, -0.05) is 0 Å². The summed E-state index contributed by atoms with van der Waals surface area (Å²) in [5, 5.41) is 17.9. The molecule has 0 aliphatic carbocycles. The summed E-state index contributed by atoms with van der Waals surface area (Å²) in [5.41, 5.74) is -1.03. The van der Waals surface area contributed by atoms with Crippen LogP contribution in [0.1, 0.15) is 24.2 Å². The van der Waals surface area contributed by atoms with Gasteiger partial charge in [0.05, 0.1) is 18.1 Å². The number of rotatable bonds is 6.